The maximum Gasteiger partial charge on any atom is 0.154 e. The number of benzene rings is 1. The van der Waals surface area contributed by atoms with E-state index in [-0.39, 0.29) is 23.0 Å². The van der Waals surface area contributed by atoms with Crippen LogP contribution in [0, 0.1) is 11.2 Å². The number of halogens is 1. The molecule has 0 aromatic heterocycles. The van der Waals surface area contributed by atoms with Crippen LogP contribution < -0.4 is 11.5 Å². The van der Waals surface area contributed by atoms with Gasteiger partial charge >= 0.3 is 0 Å². The first-order valence-corrected chi connectivity index (χ1v) is 79.8. The zero-order valence-corrected chi connectivity index (χ0v) is 72.2. The molecule has 1 aromatic carbocycles. The van der Waals surface area contributed by atoms with Gasteiger partial charge in [-0.2, -0.15) is 0 Å². The molecule has 3 rings (SSSR count). The van der Waals surface area contributed by atoms with Crippen molar-refractivity contribution in [2.45, 2.75) is 45.3 Å². The molecule has 54 heteroatoms. The SMILES string of the molecule is CC(C)(C)C12CCC(O1)c1cc(N)c(N)c(F)c12.S=S=S=S=S=S=S=S=S=S=S=S=S=S=S=S=S=S=S=S=S=S=S=S=S=S=S=S=S=S=S=S=S=S=S=S=S=S=S=S=S=S=S=S=S=S=S=S=S=S. The lowest BCUT2D eigenvalue weighted by Gasteiger charge is -2.40. The van der Waals surface area contributed by atoms with E-state index >= 15 is 0 Å². The van der Waals surface area contributed by atoms with Crippen LogP contribution in [0.15, 0.2) is 6.07 Å². The largest absolute Gasteiger partial charge is 0.397 e. The van der Waals surface area contributed by atoms with Crippen molar-refractivity contribution in [3.63, 3.8) is 0 Å². The first kappa shape index (κ1) is 73.8. The second-order valence-electron chi connectivity index (χ2n) is 9.65. The number of nitrogens with two attached hydrogens (primary N) is 2. The molecule has 0 radical (unpaired) electrons. The van der Waals surface area contributed by atoms with Crippen LogP contribution >= 0.6 is 0 Å². The summed E-state index contributed by atoms with van der Waals surface area (Å²) in [5, 5.41) is 0. The van der Waals surface area contributed by atoms with Crippen molar-refractivity contribution in [3.05, 3.63) is 23.0 Å². The molecule has 1 fully saturated rings. The van der Waals surface area contributed by atoms with E-state index in [0.717, 1.165) is 18.4 Å². The van der Waals surface area contributed by atoms with Gasteiger partial charge in [-0.25, -0.2) is 4.39 Å². The molecule has 398 valence electrons. The third-order valence-corrected chi connectivity index (χ3v) is 110. The molecule has 2 atom stereocenters. The van der Waals surface area contributed by atoms with E-state index < -0.39 is 5.60 Å². The Morgan fingerprint density at radius 3 is 0.868 bits per heavy atom. The molecule has 2 aliphatic heterocycles. The molecule has 0 saturated carbocycles. The Morgan fingerprint density at radius 2 is 0.662 bits per heavy atom. The van der Waals surface area contributed by atoms with Crippen LogP contribution in [0.5, 0.6) is 0 Å². The van der Waals surface area contributed by atoms with E-state index in [4.69, 9.17) is 38.6 Å². The summed E-state index contributed by atoms with van der Waals surface area (Å²) in [7, 11) is 85.7. The highest BCUT2D eigenvalue weighted by Crippen LogP contribution is 2.63. The standard InChI is InChI=1S/C14H19FN2O.S50/c1-13(2,3)14-5-4-9(18-14)7-6-8(16)12(17)11(15)10(7)14;1-3-5-7-9-11-13-15-17-19-21-23-25-27-29-31-33-35-37-39-41-43-45-47-49-50-48-46-44-42-40-38-36-34-32-30-28-26-24-22-20-18-16-14-12-10-8-6-4-2/h6,9H,4-5,16-17H2,1-3H3;. The zero-order chi connectivity index (χ0) is 49.2. The van der Waals surface area contributed by atoms with Gasteiger partial charge in [0.25, 0.3) is 0 Å². The number of fused-ring (bicyclic) bond motifs is 5. The Morgan fingerprint density at radius 1 is 0.441 bits per heavy atom. The minimum atomic E-state index is -0.557. The van der Waals surface area contributed by atoms with Crippen molar-refractivity contribution in [1.82, 2.24) is 0 Å². The number of anilines is 2. The Bertz CT molecular complexity index is 4160. The predicted octanol–water partition coefficient (Wildman–Crippen LogP) is 2.98. The number of rotatable bonds is 0. The van der Waals surface area contributed by atoms with Gasteiger partial charge in [0.1, 0.15) is 5.60 Å². The van der Waals surface area contributed by atoms with Gasteiger partial charge < -0.3 is 16.2 Å². The number of ether oxygens (including phenoxy) is 1. The second kappa shape index (κ2) is 52.3. The highest BCUT2D eigenvalue weighted by molar-refractivity contribution is 8.82. The quantitative estimate of drug-likeness (QED) is 0.392. The fourth-order valence-corrected chi connectivity index (χ4v) is 130. The lowest BCUT2D eigenvalue weighted by molar-refractivity contribution is -0.0966. The molecule has 2 bridgehead atoms. The van der Waals surface area contributed by atoms with E-state index in [1.165, 1.54) is 17.8 Å². The minimum Gasteiger partial charge on any atom is -0.397 e. The summed E-state index contributed by atoms with van der Waals surface area (Å²) in [6.45, 7) is 6.24. The maximum atomic E-state index is 14.5. The van der Waals surface area contributed by atoms with Crippen LogP contribution in [0.2, 0.25) is 0 Å². The number of nitrogen functional groups attached to an aromatic ring is 2. The van der Waals surface area contributed by atoms with Crippen molar-refractivity contribution in [2.24, 2.45) is 5.41 Å². The van der Waals surface area contributed by atoms with Crippen molar-refractivity contribution < 1.29 is 9.13 Å². The van der Waals surface area contributed by atoms with Gasteiger partial charge in [0.15, 0.2) is 5.82 Å². The fourth-order valence-electron chi connectivity index (χ4n) is 3.92. The molecular weight excluding hydrogens is 1830 g/mol. The smallest absolute Gasteiger partial charge is 0.154 e. The summed E-state index contributed by atoms with van der Waals surface area (Å²) in [5.41, 5.74) is 12.7. The zero-order valence-electron chi connectivity index (χ0n) is 31.4. The van der Waals surface area contributed by atoms with Gasteiger partial charge in [-0.05, 0) is 29.9 Å². The van der Waals surface area contributed by atoms with Gasteiger partial charge in [-0.1, -0.05) is 20.8 Å². The van der Waals surface area contributed by atoms with Crippen LogP contribution in [0.3, 0.4) is 0 Å². The molecule has 2 unspecified atom stereocenters. The molecule has 2 aliphatic rings. The summed E-state index contributed by atoms with van der Waals surface area (Å²) in [6, 6.07) is 1.78. The molecule has 0 amide bonds. The maximum absolute atomic E-state index is 14.5. The van der Waals surface area contributed by atoms with Crippen LogP contribution in [-0.4, -0.2) is 0 Å². The minimum absolute atomic E-state index is 0.0309. The summed E-state index contributed by atoms with van der Waals surface area (Å²) in [5.74, 6) is -0.387. The van der Waals surface area contributed by atoms with Crippen LogP contribution in [0.4, 0.5) is 15.8 Å². The lowest BCUT2D eigenvalue weighted by atomic mass is 9.67. The Balaban J connectivity index is 0.000000718. The van der Waals surface area contributed by atoms with Gasteiger partial charge in [-0.3, -0.25) is 0 Å². The molecule has 68 heavy (non-hydrogen) atoms. The fraction of sp³-hybridized carbons (Fsp3) is 0.571. The molecule has 1 aromatic rings. The molecule has 3 nitrogen and oxygen atoms in total. The van der Waals surface area contributed by atoms with Crippen molar-refractivity contribution >= 4 is 460 Å². The first-order chi connectivity index (χ1) is 33.2. The van der Waals surface area contributed by atoms with Crippen molar-refractivity contribution in [1.29, 1.82) is 0 Å². The van der Waals surface area contributed by atoms with E-state index in [1.54, 1.807) is 113 Å². The molecule has 0 aliphatic carbocycles. The van der Waals surface area contributed by atoms with Crippen LogP contribution in [-0.2, 0) is 459 Å². The molecule has 4 N–H and O–H groups in total. The summed E-state index contributed by atoms with van der Waals surface area (Å²) in [6.07, 6.45) is 1.73. The van der Waals surface area contributed by atoms with Crippen molar-refractivity contribution in [3.8, 4) is 0 Å². The summed E-state index contributed by atoms with van der Waals surface area (Å²) in [4.78, 5) is 0. The summed E-state index contributed by atoms with van der Waals surface area (Å²) < 4.78 is 20.6. The van der Waals surface area contributed by atoms with E-state index in [2.05, 4.69) is 20.8 Å². The van der Waals surface area contributed by atoms with E-state index in [0.29, 0.717) is 11.3 Å². The van der Waals surface area contributed by atoms with Crippen LogP contribution in [0.1, 0.15) is 50.8 Å². The lowest BCUT2D eigenvalue weighted by Crippen LogP contribution is -2.39. The third-order valence-electron chi connectivity index (χ3n) is 5.74. The predicted molar refractivity (Wildman–Crippen MR) is 438 cm³/mol. The third kappa shape index (κ3) is 37.1. The molecule has 2 heterocycles. The Labute approximate surface area is 540 Å². The van der Waals surface area contributed by atoms with Gasteiger partial charge in [0, 0.05) is 454 Å². The molecular formula is C14H19FN2OS50. The van der Waals surface area contributed by atoms with Crippen LogP contribution in [0.25, 0.3) is 0 Å². The summed E-state index contributed by atoms with van der Waals surface area (Å²) >= 11 is 9.62. The van der Waals surface area contributed by atoms with Gasteiger partial charge in [-0.15, -0.1) is 0 Å². The Hall–Kier alpha value is 9.71. The second-order valence-corrected chi connectivity index (χ2v) is 94.6. The molecule has 0 spiro atoms. The molecule has 1 saturated heterocycles. The van der Waals surface area contributed by atoms with Gasteiger partial charge in [0.2, 0.25) is 0 Å². The first-order valence-electron chi connectivity index (χ1n) is 14.5. The van der Waals surface area contributed by atoms with Gasteiger partial charge in [0.05, 0.1) is 17.5 Å². The number of hydrogen-bond acceptors (Lipinski definition) is 5. The normalized spacial score (nSPS) is 13.6. The average Bonchev–Trinajstić information content (AvgIpc) is 3.92. The Kier molecular flexibility index (Phi) is 56.7. The highest BCUT2D eigenvalue weighted by atomic mass is 33.5. The monoisotopic (exact) mass is 1850 g/mol. The van der Waals surface area contributed by atoms with E-state index in [9.17, 15) is 4.39 Å². The number of hydrogen-bond donors (Lipinski definition) is 2. The highest BCUT2D eigenvalue weighted by Gasteiger charge is 2.58. The van der Waals surface area contributed by atoms with E-state index in [1.807, 2.05) is 302 Å². The average molecular weight is 1850 g/mol. The topological polar surface area (TPSA) is 61.3 Å². The van der Waals surface area contributed by atoms with Crippen molar-refractivity contribution in [2.75, 3.05) is 11.5 Å².